The molecule has 2 fully saturated rings. The lowest BCUT2D eigenvalue weighted by atomic mass is 10.1. The minimum absolute atomic E-state index is 0.130. The fourth-order valence-electron chi connectivity index (χ4n) is 2.87. The van der Waals surface area contributed by atoms with E-state index in [4.69, 9.17) is 4.74 Å². The average Bonchev–Trinajstić information content (AvgIpc) is 3.32. The highest BCUT2D eigenvalue weighted by Gasteiger charge is 2.31. The van der Waals surface area contributed by atoms with Crippen LogP contribution in [0.1, 0.15) is 32.6 Å². The van der Waals surface area contributed by atoms with Gasteiger partial charge in [0.05, 0.1) is 7.11 Å². The van der Waals surface area contributed by atoms with Crippen molar-refractivity contribution >= 4 is 5.97 Å². The van der Waals surface area contributed by atoms with Gasteiger partial charge in [-0.05, 0) is 32.2 Å². The van der Waals surface area contributed by atoms with E-state index < -0.39 is 0 Å². The Balaban J connectivity index is 1.67. The molecule has 2 aliphatic rings. The molecule has 1 saturated carbocycles. The molecule has 5 nitrogen and oxygen atoms in total. The van der Waals surface area contributed by atoms with Gasteiger partial charge in [-0.2, -0.15) is 0 Å². The van der Waals surface area contributed by atoms with Gasteiger partial charge in [0.2, 0.25) is 0 Å². The molecule has 1 unspecified atom stereocenters. The number of nitrogens with one attached hydrogen (secondary N) is 1. The van der Waals surface area contributed by atoms with E-state index in [-0.39, 0.29) is 12.0 Å². The van der Waals surface area contributed by atoms with E-state index >= 15 is 0 Å². The summed E-state index contributed by atoms with van der Waals surface area (Å²) in [6.45, 7) is 8.62. The van der Waals surface area contributed by atoms with Crippen LogP contribution >= 0.6 is 0 Å². The Morgan fingerprint density at radius 2 is 2.00 bits per heavy atom. The van der Waals surface area contributed by atoms with Crippen LogP contribution < -0.4 is 5.32 Å². The average molecular weight is 283 g/mol. The SMILES string of the molecule is CCCNC(CCN1CCN(C2CC2)CC1)C(=O)OC. The minimum atomic E-state index is -0.151. The number of hydrogen-bond acceptors (Lipinski definition) is 5. The van der Waals surface area contributed by atoms with E-state index in [0.29, 0.717) is 0 Å². The van der Waals surface area contributed by atoms with E-state index in [1.165, 1.54) is 33.0 Å². The molecule has 1 heterocycles. The molecule has 0 aromatic heterocycles. The number of hydrogen-bond donors (Lipinski definition) is 1. The molecule has 20 heavy (non-hydrogen) atoms. The van der Waals surface area contributed by atoms with Gasteiger partial charge in [0.25, 0.3) is 0 Å². The van der Waals surface area contributed by atoms with Crippen LogP contribution in [0.2, 0.25) is 0 Å². The second kappa shape index (κ2) is 7.96. The van der Waals surface area contributed by atoms with Crippen molar-refractivity contribution in [1.82, 2.24) is 15.1 Å². The van der Waals surface area contributed by atoms with Crippen LogP contribution in [-0.2, 0) is 9.53 Å². The number of methoxy groups -OCH3 is 1. The first kappa shape index (κ1) is 15.7. The summed E-state index contributed by atoms with van der Waals surface area (Å²) < 4.78 is 4.88. The molecule has 1 atom stereocenters. The van der Waals surface area contributed by atoms with Crippen LogP contribution in [0.3, 0.4) is 0 Å². The van der Waals surface area contributed by atoms with Crippen molar-refractivity contribution in [2.45, 2.75) is 44.7 Å². The van der Waals surface area contributed by atoms with E-state index in [1.807, 2.05) is 0 Å². The van der Waals surface area contributed by atoms with Crippen molar-refractivity contribution in [1.29, 1.82) is 0 Å². The maximum absolute atomic E-state index is 11.7. The van der Waals surface area contributed by atoms with E-state index in [0.717, 1.165) is 45.1 Å². The predicted octanol–water partition coefficient (Wildman–Crippen LogP) is 0.698. The van der Waals surface area contributed by atoms with Gasteiger partial charge < -0.3 is 15.0 Å². The number of ether oxygens (including phenoxy) is 1. The zero-order valence-electron chi connectivity index (χ0n) is 12.9. The lowest BCUT2D eigenvalue weighted by Gasteiger charge is -2.35. The van der Waals surface area contributed by atoms with E-state index in [2.05, 4.69) is 22.0 Å². The summed E-state index contributed by atoms with van der Waals surface area (Å²) in [6, 6.07) is 0.729. The van der Waals surface area contributed by atoms with E-state index in [9.17, 15) is 4.79 Å². The van der Waals surface area contributed by atoms with Crippen LogP contribution in [0.5, 0.6) is 0 Å². The van der Waals surface area contributed by atoms with Crippen LogP contribution in [-0.4, -0.2) is 74.2 Å². The number of esters is 1. The zero-order chi connectivity index (χ0) is 14.4. The predicted molar refractivity (Wildman–Crippen MR) is 79.7 cm³/mol. The van der Waals surface area contributed by atoms with Gasteiger partial charge in [-0.25, -0.2) is 0 Å². The molecule has 0 aromatic carbocycles. The van der Waals surface area contributed by atoms with Crippen molar-refractivity contribution in [3.63, 3.8) is 0 Å². The van der Waals surface area contributed by atoms with Gasteiger partial charge in [-0.15, -0.1) is 0 Å². The fraction of sp³-hybridized carbons (Fsp3) is 0.933. The third-order valence-electron chi connectivity index (χ3n) is 4.33. The van der Waals surface area contributed by atoms with Crippen LogP contribution in [0.15, 0.2) is 0 Å². The summed E-state index contributed by atoms with van der Waals surface area (Å²) in [7, 11) is 1.47. The second-order valence-corrected chi connectivity index (χ2v) is 5.93. The molecule has 116 valence electrons. The highest BCUT2D eigenvalue weighted by atomic mass is 16.5. The first-order chi connectivity index (χ1) is 9.74. The second-order valence-electron chi connectivity index (χ2n) is 5.93. The highest BCUT2D eigenvalue weighted by Crippen LogP contribution is 2.27. The summed E-state index contributed by atoms with van der Waals surface area (Å²) in [4.78, 5) is 16.8. The van der Waals surface area contributed by atoms with Crippen molar-refractivity contribution in [2.24, 2.45) is 0 Å². The van der Waals surface area contributed by atoms with Gasteiger partial charge in [0.1, 0.15) is 6.04 Å². The topological polar surface area (TPSA) is 44.8 Å². The summed E-state index contributed by atoms with van der Waals surface area (Å²) in [5.41, 5.74) is 0. The highest BCUT2D eigenvalue weighted by molar-refractivity contribution is 5.75. The molecule has 0 amide bonds. The normalized spacial score (nSPS) is 22.7. The van der Waals surface area contributed by atoms with Gasteiger partial charge in [-0.1, -0.05) is 6.92 Å². The molecule has 2 rings (SSSR count). The lowest BCUT2D eigenvalue weighted by molar-refractivity contribution is -0.143. The molecular weight excluding hydrogens is 254 g/mol. The molecule has 0 radical (unpaired) electrons. The van der Waals surface area contributed by atoms with Crippen molar-refractivity contribution in [2.75, 3.05) is 46.4 Å². The Bertz CT molecular complexity index is 299. The van der Waals surface area contributed by atoms with Crippen LogP contribution in [0.25, 0.3) is 0 Å². The fourth-order valence-corrected chi connectivity index (χ4v) is 2.87. The number of carbonyl (C=O) groups excluding carboxylic acids is 1. The summed E-state index contributed by atoms with van der Waals surface area (Å²) in [5, 5.41) is 3.29. The van der Waals surface area contributed by atoms with Crippen LogP contribution in [0.4, 0.5) is 0 Å². The van der Waals surface area contributed by atoms with Gasteiger partial charge >= 0.3 is 5.97 Å². The Morgan fingerprint density at radius 1 is 1.30 bits per heavy atom. The summed E-state index contributed by atoms with van der Waals surface area (Å²) >= 11 is 0. The maximum atomic E-state index is 11.7. The molecule has 1 N–H and O–H groups in total. The molecule has 5 heteroatoms. The molecule has 1 saturated heterocycles. The molecule has 0 aromatic rings. The molecule has 0 spiro atoms. The third-order valence-corrected chi connectivity index (χ3v) is 4.33. The van der Waals surface area contributed by atoms with Crippen molar-refractivity contribution < 1.29 is 9.53 Å². The molecular formula is C15H29N3O2. The van der Waals surface area contributed by atoms with Gasteiger partial charge in [0.15, 0.2) is 0 Å². The van der Waals surface area contributed by atoms with Crippen molar-refractivity contribution in [3.8, 4) is 0 Å². The maximum Gasteiger partial charge on any atom is 0.322 e. The Morgan fingerprint density at radius 3 is 2.55 bits per heavy atom. The minimum Gasteiger partial charge on any atom is -0.468 e. The zero-order valence-corrected chi connectivity index (χ0v) is 12.9. The molecule has 1 aliphatic carbocycles. The monoisotopic (exact) mass is 283 g/mol. The largest absolute Gasteiger partial charge is 0.468 e. The smallest absolute Gasteiger partial charge is 0.322 e. The van der Waals surface area contributed by atoms with E-state index in [1.54, 1.807) is 0 Å². The summed E-state index contributed by atoms with van der Waals surface area (Å²) in [6.07, 6.45) is 4.67. The number of piperazine rings is 1. The third kappa shape index (κ3) is 4.72. The Labute approximate surface area is 122 Å². The van der Waals surface area contributed by atoms with Gasteiger partial charge in [-0.3, -0.25) is 9.69 Å². The summed E-state index contributed by atoms with van der Waals surface area (Å²) in [5.74, 6) is -0.130. The first-order valence-corrected chi connectivity index (χ1v) is 8.02. The first-order valence-electron chi connectivity index (χ1n) is 8.02. The lowest BCUT2D eigenvalue weighted by Crippen LogP contribution is -2.49. The Kier molecular flexibility index (Phi) is 6.26. The molecule has 0 bridgehead atoms. The number of nitrogens with zero attached hydrogens (tertiary/aromatic N) is 2. The van der Waals surface area contributed by atoms with Gasteiger partial charge in [0, 0.05) is 38.8 Å². The van der Waals surface area contributed by atoms with Crippen LogP contribution in [0, 0.1) is 0 Å². The quantitative estimate of drug-likeness (QED) is 0.664. The Hall–Kier alpha value is -0.650. The standard InChI is InChI=1S/C15H29N3O2/c1-3-7-16-14(15(19)20-2)6-8-17-9-11-18(12-10-17)13-4-5-13/h13-14,16H,3-12H2,1-2H3. The number of rotatable bonds is 8. The van der Waals surface area contributed by atoms with Crippen molar-refractivity contribution in [3.05, 3.63) is 0 Å². The molecule has 1 aliphatic heterocycles. The number of carbonyl (C=O) groups is 1.